The third-order valence-corrected chi connectivity index (χ3v) is 4.23. The van der Waals surface area contributed by atoms with Crippen LogP contribution in [0.3, 0.4) is 0 Å². The highest BCUT2D eigenvalue weighted by Crippen LogP contribution is 2.18. The fourth-order valence-corrected chi connectivity index (χ4v) is 2.21. The van der Waals surface area contributed by atoms with Crippen LogP contribution in [0.2, 0.25) is 0 Å². The Kier molecular flexibility index (Phi) is 5.61. The molecule has 1 aromatic heterocycles. The average Bonchev–Trinajstić information content (AvgIpc) is 3.00. The second-order valence-electron chi connectivity index (χ2n) is 5.94. The van der Waals surface area contributed by atoms with Crippen LogP contribution in [-0.4, -0.2) is 27.9 Å². The smallest absolute Gasteiger partial charge is 0.226 e. The highest BCUT2D eigenvalue weighted by molar-refractivity contribution is 6.19. The quantitative estimate of drug-likeness (QED) is 0.628. The second-order valence-corrected chi connectivity index (χ2v) is 6.20. The highest BCUT2D eigenvalue weighted by Gasteiger charge is 2.25. The number of imidazole rings is 1. The zero-order valence-electron chi connectivity index (χ0n) is 13.1. The minimum Gasteiger partial charge on any atom is -0.356 e. The van der Waals surface area contributed by atoms with Gasteiger partial charge in [0.15, 0.2) is 0 Å². The molecule has 0 radical (unpaired) electrons. The first kappa shape index (κ1) is 16.6. The van der Waals surface area contributed by atoms with E-state index in [0.717, 1.165) is 24.4 Å². The molecule has 0 aliphatic carbocycles. The summed E-state index contributed by atoms with van der Waals surface area (Å²) in [7, 11) is 0. The van der Waals surface area contributed by atoms with Crippen LogP contribution in [-0.2, 0) is 11.3 Å². The molecule has 1 N–H and O–H groups in total. The first-order valence-electron chi connectivity index (χ1n) is 7.45. The average molecular weight is 320 g/mol. The molecule has 1 aromatic carbocycles. The molecule has 0 spiro atoms. The van der Waals surface area contributed by atoms with E-state index in [9.17, 15) is 4.79 Å². The molecule has 0 saturated heterocycles. The van der Waals surface area contributed by atoms with Crippen molar-refractivity contribution in [2.24, 2.45) is 5.41 Å². The standard InChI is InChI=1S/C17H22ClN3O/c1-17(2,13-18)16(22)20-9-6-11-21-12-10-19-15(21)14-7-4-3-5-8-14/h3-5,7-8,10,12H,6,9,11,13H2,1-2H3,(H,20,22). The van der Waals surface area contributed by atoms with E-state index in [2.05, 4.69) is 14.9 Å². The van der Waals surface area contributed by atoms with Crippen LogP contribution in [0.15, 0.2) is 42.7 Å². The molecule has 0 aliphatic heterocycles. The lowest BCUT2D eigenvalue weighted by Crippen LogP contribution is -2.38. The number of nitrogens with zero attached hydrogens (tertiary/aromatic N) is 2. The number of aromatic nitrogens is 2. The van der Waals surface area contributed by atoms with Crippen LogP contribution in [0.4, 0.5) is 0 Å². The van der Waals surface area contributed by atoms with Gasteiger partial charge in [-0.25, -0.2) is 4.98 Å². The molecule has 1 heterocycles. The molecule has 4 nitrogen and oxygen atoms in total. The minimum atomic E-state index is -0.522. The zero-order chi connectivity index (χ0) is 16.0. The molecule has 2 aromatic rings. The zero-order valence-corrected chi connectivity index (χ0v) is 13.8. The summed E-state index contributed by atoms with van der Waals surface area (Å²) >= 11 is 5.80. The Morgan fingerprint density at radius 2 is 2.05 bits per heavy atom. The summed E-state index contributed by atoms with van der Waals surface area (Å²) in [5, 5.41) is 2.94. The van der Waals surface area contributed by atoms with Crippen molar-refractivity contribution in [2.75, 3.05) is 12.4 Å². The van der Waals surface area contributed by atoms with Gasteiger partial charge in [-0.3, -0.25) is 4.79 Å². The number of hydrogen-bond acceptors (Lipinski definition) is 2. The summed E-state index contributed by atoms with van der Waals surface area (Å²) in [6.45, 7) is 5.13. The van der Waals surface area contributed by atoms with E-state index in [-0.39, 0.29) is 5.91 Å². The largest absolute Gasteiger partial charge is 0.356 e. The number of halogens is 1. The molecule has 5 heteroatoms. The number of carbonyl (C=O) groups excluding carboxylic acids is 1. The van der Waals surface area contributed by atoms with Gasteiger partial charge in [0.05, 0.1) is 5.41 Å². The van der Waals surface area contributed by atoms with Crippen molar-refractivity contribution in [3.8, 4) is 11.4 Å². The van der Waals surface area contributed by atoms with Crippen molar-refractivity contribution in [2.45, 2.75) is 26.8 Å². The fourth-order valence-electron chi connectivity index (χ4n) is 2.09. The summed E-state index contributed by atoms with van der Waals surface area (Å²) in [5.41, 5.74) is 0.575. The molecule has 2 rings (SSSR count). The lowest BCUT2D eigenvalue weighted by molar-refractivity contribution is -0.128. The third-order valence-electron chi connectivity index (χ3n) is 3.56. The van der Waals surface area contributed by atoms with Crippen LogP contribution < -0.4 is 5.32 Å². The number of carbonyl (C=O) groups is 1. The van der Waals surface area contributed by atoms with Crippen LogP contribution in [0.25, 0.3) is 11.4 Å². The van der Waals surface area contributed by atoms with Gasteiger partial charge in [-0.15, -0.1) is 11.6 Å². The summed E-state index contributed by atoms with van der Waals surface area (Å²) in [5.74, 6) is 1.27. The molecular formula is C17H22ClN3O. The monoisotopic (exact) mass is 319 g/mol. The Morgan fingerprint density at radius 1 is 1.32 bits per heavy atom. The Labute approximate surface area is 136 Å². The van der Waals surface area contributed by atoms with E-state index in [1.165, 1.54) is 0 Å². The van der Waals surface area contributed by atoms with Gasteiger partial charge in [0.1, 0.15) is 5.82 Å². The minimum absolute atomic E-state index is 0.00332. The van der Waals surface area contributed by atoms with E-state index in [4.69, 9.17) is 11.6 Å². The van der Waals surface area contributed by atoms with E-state index in [1.807, 2.05) is 50.4 Å². The molecule has 22 heavy (non-hydrogen) atoms. The molecule has 0 aliphatic rings. The Hall–Kier alpha value is -1.81. The van der Waals surface area contributed by atoms with Crippen molar-refractivity contribution >= 4 is 17.5 Å². The van der Waals surface area contributed by atoms with Gasteiger partial charge in [-0.2, -0.15) is 0 Å². The van der Waals surface area contributed by atoms with Gasteiger partial charge in [0, 0.05) is 36.9 Å². The van der Waals surface area contributed by atoms with Crippen molar-refractivity contribution in [3.63, 3.8) is 0 Å². The predicted octanol–water partition coefficient (Wildman–Crippen LogP) is 3.32. The van der Waals surface area contributed by atoms with Crippen LogP contribution >= 0.6 is 11.6 Å². The van der Waals surface area contributed by atoms with Gasteiger partial charge in [-0.1, -0.05) is 30.3 Å². The van der Waals surface area contributed by atoms with Gasteiger partial charge in [0.2, 0.25) is 5.91 Å². The Balaban J connectivity index is 1.87. The molecule has 0 atom stereocenters. The maximum atomic E-state index is 11.9. The molecule has 0 unspecified atom stereocenters. The normalized spacial score (nSPS) is 11.4. The first-order valence-corrected chi connectivity index (χ1v) is 7.99. The molecule has 0 bridgehead atoms. The predicted molar refractivity (Wildman–Crippen MR) is 89.8 cm³/mol. The SMILES string of the molecule is CC(C)(CCl)C(=O)NCCCn1ccnc1-c1ccccc1. The number of aryl methyl sites for hydroxylation is 1. The van der Waals surface area contributed by atoms with Crippen molar-refractivity contribution < 1.29 is 4.79 Å². The molecular weight excluding hydrogens is 298 g/mol. The van der Waals surface area contributed by atoms with Gasteiger partial charge in [-0.05, 0) is 20.3 Å². The van der Waals surface area contributed by atoms with E-state index in [1.54, 1.807) is 6.20 Å². The molecule has 118 valence electrons. The van der Waals surface area contributed by atoms with Gasteiger partial charge < -0.3 is 9.88 Å². The van der Waals surface area contributed by atoms with Crippen molar-refractivity contribution in [1.29, 1.82) is 0 Å². The van der Waals surface area contributed by atoms with Gasteiger partial charge in [0.25, 0.3) is 0 Å². The van der Waals surface area contributed by atoms with Crippen LogP contribution in [0, 0.1) is 5.41 Å². The lowest BCUT2D eigenvalue weighted by Gasteiger charge is -2.20. The van der Waals surface area contributed by atoms with Crippen LogP contribution in [0.1, 0.15) is 20.3 Å². The number of nitrogens with one attached hydrogen (secondary N) is 1. The first-order chi connectivity index (χ1) is 10.5. The van der Waals surface area contributed by atoms with E-state index >= 15 is 0 Å². The summed E-state index contributed by atoms with van der Waals surface area (Å²) in [4.78, 5) is 16.3. The summed E-state index contributed by atoms with van der Waals surface area (Å²) in [6.07, 6.45) is 4.62. The second kappa shape index (κ2) is 7.45. The molecule has 0 fully saturated rings. The maximum Gasteiger partial charge on any atom is 0.226 e. The Morgan fingerprint density at radius 3 is 2.73 bits per heavy atom. The Bertz CT molecular complexity index is 607. The van der Waals surface area contributed by atoms with E-state index < -0.39 is 5.41 Å². The molecule has 0 saturated carbocycles. The number of hydrogen-bond donors (Lipinski definition) is 1. The fraction of sp³-hybridized carbons (Fsp3) is 0.412. The third kappa shape index (κ3) is 4.10. The van der Waals surface area contributed by atoms with Crippen molar-refractivity contribution in [3.05, 3.63) is 42.7 Å². The number of amides is 1. The number of rotatable bonds is 7. The highest BCUT2D eigenvalue weighted by atomic mass is 35.5. The number of benzene rings is 1. The topological polar surface area (TPSA) is 46.9 Å². The van der Waals surface area contributed by atoms with Gasteiger partial charge >= 0.3 is 0 Å². The maximum absolute atomic E-state index is 11.9. The summed E-state index contributed by atoms with van der Waals surface area (Å²) in [6, 6.07) is 10.1. The molecule has 1 amide bonds. The lowest BCUT2D eigenvalue weighted by atomic mass is 9.95. The summed E-state index contributed by atoms with van der Waals surface area (Å²) < 4.78 is 2.11. The van der Waals surface area contributed by atoms with Crippen molar-refractivity contribution in [1.82, 2.24) is 14.9 Å². The van der Waals surface area contributed by atoms with Crippen LogP contribution in [0.5, 0.6) is 0 Å². The van der Waals surface area contributed by atoms with E-state index in [0.29, 0.717) is 12.4 Å². The number of alkyl halides is 1.